The van der Waals surface area contributed by atoms with Crippen LogP contribution in [0.4, 0.5) is 4.39 Å². The Hall–Kier alpha value is -3.06. The molecule has 0 saturated carbocycles. The minimum absolute atomic E-state index is 0.0871. The number of likely N-dealkylation sites (N-methyl/N-ethyl adjacent to an activating group) is 2. The first kappa shape index (κ1) is 62.1. The highest BCUT2D eigenvalue weighted by molar-refractivity contribution is 5.73. The molecule has 76 heavy (non-hydrogen) atoms. The Kier molecular flexibility index (Phi) is 21.6. The molecule has 0 spiro atoms. The summed E-state index contributed by atoms with van der Waals surface area (Å²) in [6.45, 7) is 19.3. The lowest BCUT2D eigenvalue weighted by molar-refractivity contribution is -0.318. The summed E-state index contributed by atoms with van der Waals surface area (Å²) >= 11 is 0. The summed E-state index contributed by atoms with van der Waals surface area (Å²) in [5.41, 5.74) is -0.721. The zero-order valence-corrected chi connectivity index (χ0v) is 47.7. The van der Waals surface area contributed by atoms with E-state index in [4.69, 9.17) is 33.2 Å². The van der Waals surface area contributed by atoms with Gasteiger partial charge in [-0.3, -0.25) is 4.79 Å². The number of rotatable bonds is 16. The molecule has 6 N–H and O–H groups in total. The maximum atomic E-state index is 14.9. The number of benzene rings is 1. The number of alkyl halides is 1. The number of cyclic esters (lactones) is 1. The van der Waals surface area contributed by atoms with Crippen molar-refractivity contribution in [1.29, 1.82) is 0 Å². The van der Waals surface area contributed by atoms with Crippen LogP contribution in [0.5, 0.6) is 0 Å². The fourth-order valence-electron chi connectivity index (χ4n) is 12.3. The third-order valence-corrected chi connectivity index (χ3v) is 17.2. The van der Waals surface area contributed by atoms with Crippen LogP contribution in [-0.4, -0.2) is 208 Å². The molecule has 6 rings (SSSR count). The number of ether oxygens (including phenoxy) is 7. The predicted octanol–water partition coefficient (Wildman–Crippen LogP) is 4.38. The monoisotopic (exact) mass is 1080 g/mol. The van der Waals surface area contributed by atoms with E-state index in [1.807, 2.05) is 49.9 Å². The molecule has 0 aliphatic carbocycles. The van der Waals surface area contributed by atoms with Crippen LogP contribution >= 0.6 is 0 Å². The number of aliphatic hydroxyl groups is 5. The van der Waals surface area contributed by atoms with Gasteiger partial charge in [0.25, 0.3) is 0 Å². The Labute approximate surface area is 450 Å². The molecule has 0 amide bonds. The number of carbonyl (C=O) groups excluding carboxylic acids is 1. The topological polar surface area (TPSA) is 232 Å². The minimum Gasteiger partial charge on any atom is -0.459 e. The molecule has 3 saturated heterocycles. The van der Waals surface area contributed by atoms with Gasteiger partial charge in [-0.1, -0.05) is 56.3 Å². The van der Waals surface area contributed by atoms with E-state index in [0.717, 1.165) is 30.6 Å². The van der Waals surface area contributed by atoms with Crippen molar-refractivity contribution in [2.24, 2.45) is 17.8 Å². The summed E-state index contributed by atoms with van der Waals surface area (Å²) in [5, 5.41) is 72.0. The first-order valence-corrected chi connectivity index (χ1v) is 27.6. The summed E-state index contributed by atoms with van der Waals surface area (Å²) in [7, 11) is 6.79. The summed E-state index contributed by atoms with van der Waals surface area (Å²) in [6, 6.07) is 6.22. The van der Waals surface area contributed by atoms with Gasteiger partial charge in [-0.2, -0.15) is 0 Å². The number of aliphatic hydroxyl groups excluding tert-OH is 3. The van der Waals surface area contributed by atoms with Crippen LogP contribution in [0.2, 0.25) is 0 Å². The minimum atomic E-state index is -1.85. The lowest BCUT2D eigenvalue weighted by Gasteiger charge is -2.49. The molecule has 1 aromatic heterocycles. The van der Waals surface area contributed by atoms with Gasteiger partial charge in [-0.25, -0.2) is 9.07 Å². The molecule has 432 valence electrons. The zero-order valence-electron chi connectivity index (χ0n) is 47.7. The van der Waals surface area contributed by atoms with Crippen LogP contribution in [-0.2, 0) is 44.4 Å². The van der Waals surface area contributed by atoms with Gasteiger partial charge < -0.3 is 73.8 Å². The SMILES string of the molecule is CC[C@H]1OC(=O)[C@H](C)[C@@H](O[C@H]2C[C@@](C)(OC)[C@@H](O)[C@H](C)O2)[C@H](C)[C@@H](O[C@@H]2O[C@H](C)C[C@H](N(C)CCc3cn([C@H](CF)[C@H](OC)c4ccc(C5=CCNCC5)cc4)nn3)[C@H]2O)[C@](C)(O)C[C@@H](C)CN(C)[C@H](C)[C@@H](O)[C@]1(C)O. The Morgan fingerprint density at radius 2 is 1.68 bits per heavy atom. The predicted molar refractivity (Wildman–Crippen MR) is 284 cm³/mol. The first-order valence-electron chi connectivity index (χ1n) is 27.6. The van der Waals surface area contributed by atoms with E-state index in [1.54, 1.807) is 61.8 Å². The Morgan fingerprint density at radius 3 is 2.30 bits per heavy atom. The van der Waals surface area contributed by atoms with E-state index < -0.39 is 127 Å². The van der Waals surface area contributed by atoms with E-state index in [9.17, 15) is 34.7 Å². The molecule has 20 atom stereocenters. The standard InChI is InChI=1S/C56H93FN6O13/c1-15-44-56(10,69)49(65)36(6)62(12)30-32(2)27-54(8,68)51(34(4)47(35(5)52(67)74-44)75-45-28-55(9,71-14)50(66)37(7)73-45)76-53-46(64)42(26-33(3)72-53)61(11)25-22-41-31-63(60-59-41)43(29-57)48(70-13)40-18-16-38(17-19-40)39-20-23-58-24-21-39/h16-20,31-37,42-51,53,58,64-66,68-69H,15,21-30H2,1-14H3/t32-,33-,34+,35-,36-,37+,42+,43-,44-,45+,46-,47+,48-,49-,50+,51-,53+,54-,55-,56-/m1/s1. The van der Waals surface area contributed by atoms with Gasteiger partial charge in [0, 0.05) is 70.9 Å². The first-order chi connectivity index (χ1) is 35.8. The second-order valence-corrected chi connectivity index (χ2v) is 23.3. The molecule has 0 radical (unpaired) electrons. The lowest BCUT2D eigenvalue weighted by atomic mass is 9.77. The van der Waals surface area contributed by atoms with Crippen molar-refractivity contribution in [3.05, 3.63) is 53.4 Å². The smallest absolute Gasteiger partial charge is 0.311 e. The Balaban J connectivity index is 1.25. The molecule has 0 unspecified atom stereocenters. The third-order valence-electron chi connectivity index (χ3n) is 17.2. The van der Waals surface area contributed by atoms with Crippen molar-refractivity contribution in [1.82, 2.24) is 30.1 Å². The highest BCUT2D eigenvalue weighted by Crippen LogP contribution is 2.41. The molecule has 19 nitrogen and oxygen atoms in total. The number of nitrogens with one attached hydrogen (secondary N) is 1. The highest BCUT2D eigenvalue weighted by Gasteiger charge is 2.53. The Bertz CT molecular complexity index is 2170. The second-order valence-electron chi connectivity index (χ2n) is 23.3. The van der Waals surface area contributed by atoms with Gasteiger partial charge >= 0.3 is 5.97 Å². The molecular formula is C56H93FN6O13. The maximum Gasteiger partial charge on any atom is 0.311 e. The second kappa shape index (κ2) is 26.5. The van der Waals surface area contributed by atoms with E-state index in [2.05, 4.69) is 33.8 Å². The molecule has 3 fully saturated rings. The van der Waals surface area contributed by atoms with Crippen molar-refractivity contribution < 1.29 is 67.9 Å². The van der Waals surface area contributed by atoms with Crippen LogP contribution < -0.4 is 5.32 Å². The van der Waals surface area contributed by atoms with Crippen molar-refractivity contribution in [3.8, 4) is 0 Å². The van der Waals surface area contributed by atoms with Gasteiger partial charge in [0.2, 0.25) is 0 Å². The van der Waals surface area contributed by atoms with E-state index in [0.29, 0.717) is 31.6 Å². The molecule has 0 bridgehead atoms. The van der Waals surface area contributed by atoms with Crippen LogP contribution in [0, 0.1) is 17.8 Å². The van der Waals surface area contributed by atoms with Crippen LogP contribution in [0.3, 0.4) is 0 Å². The summed E-state index contributed by atoms with van der Waals surface area (Å²) < 4.78 is 60.7. The fraction of sp³-hybridized carbons (Fsp3) is 0.804. The van der Waals surface area contributed by atoms with Gasteiger partial charge in [0.1, 0.15) is 48.8 Å². The summed E-state index contributed by atoms with van der Waals surface area (Å²) in [6.07, 6.45) is -4.73. The fourth-order valence-corrected chi connectivity index (χ4v) is 12.3. The van der Waals surface area contributed by atoms with Gasteiger partial charge in [0.05, 0.1) is 47.2 Å². The average molecular weight is 1080 g/mol. The molecule has 5 heterocycles. The maximum absolute atomic E-state index is 14.9. The number of esters is 1. The van der Waals surface area contributed by atoms with Crippen molar-refractivity contribution in [2.45, 2.75) is 210 Å². The van der Waals surface area contributed by atoms with Crippen LogP contribution in [0.1, 0.15) is 130 Å². The molecule has 4 aliphatic rings. The number of carbonyl (C=O) groups is 1. The molecule has 20 heteroatoms. The van der Waals surface area contributed by atoms with Gasteiger partial charge in [-0.05, 0) is 117 Å². The number of halogens is 1. The number of hydrogen-bond donors (Lipinski definition) is 6. The third kappa shape index (κ3) is 14.3. The average Bonchev–Trinajstić information content (AvgIpc) is 3.87. The molecule has 4 aliphatic heterocycles. The van der Waals surface area contributed by atoms with E-state index in [-0.39, 0.29) is 25.2 Å². The van der Waals surface area contributed by atoms with E-state index in [1.165, 1.54) is 24.3 Å². The quantitative estimate of drug-likeness (QED) is 0.128. The zero-order chi connectivity index (χ0) is 56.0. The van der Waals surface area contributed by atoms with Crippen molar-refractivity contribution >= 4 is 11.5 Å². The van der Waals surface area contributed by atoms with Crippen molar-refractivity contribution in [3.63, 3.8) is 0 Å². The van der Waals surface area contributed by atoms with Gasteiger partial charge in [-0.15, -0.1) is 5.10 Å². The number of nitrogens with zero attached hydrogens (tertiary/aromatic N) is 5. The molecule has 1 aromatic carbocycles. The summed E-state index contributed by atoms with van der Waals surface area (Å²) in [5.74, 6) is -2.86. The number of aromatic nitrogens is 3. The largest absolute Gasteiger partial charge is 0.459 e. The molecular weight excluding hydrogens is 984 g/mol. The van der Waals surface area contributed by atoms with Crippen LogP contribution in [0.15, 0.2) is 36.5 Å². The summed E-state index contributed by atoms with van der Waals surface area (Å²) in [4.78, 5) is 18.5. The normalized spacial score (nSPS) is 39.7. The van der Waals surface area contributed by atoms with E-state index >= 15 is 0 Å². The molecule has 2 aromatic rings. The highest BCUT2D eigenvalue weighted by atomic mass is 19.1. The lowest BCUT2D eigenvalue weighted by Crippen LogP contribution is -2.61. The van der Waals surface area contributed by atoms with Crippen molar-refractivity contribution in [2.75, 3.05) is 61.2 Å². The number of hydrogen-bond acceptors (Lipinski definition) is 18. The van der Waals surface area contributed by atoms with Gasteiger partial charge in [0.15, 0.2) is 12.6 Å². The Morgan fingerprint density at radius 1 is 0.987 bits per heavy atom. The number of methoxy groups -OCH3 is 2. The van der Waals surface area contributed by atoms with Crippen LogP contribution in [0.25, 0.3) is 5.57 Å².